The zero-order chi connectivity index (χ0) is 16.5. The highest BCUT2D eigenvalue weighted by Crippen LogP contribution is 2.47. The molecule has 23 heavy (non-hydrogen) atoms. The molecule has 0 bridgehead atoms. The highest BCUT2D eigenvalue weighted by molar-refractivity contribution is 5.60. The van der Waals surface area contributed by atoms with Gasteiger partial charge in [-0.2, -0.15) is 0 Å². The monoisotopic (exact) mass is 308 g/mol. The van der Waals surface area contributed by atoms with E-state index in [9.17, 15) is 0 Å². The van der Waals surface area contributed by atoms with Gasteiger partial charge in [-0.25, -0.2) is 6.57 Å². The minimum absolute atomic E-state index is 0.188. The van der Waals surface area contributed by atoms with E-state index in [1.807, 2.05) is 0 Å². The molecule has 1 aliphatic heterocycles. The molecular weight excluding hydrogens is 280 g/mol. The number of hydrogen-bond acceptors (Lipinski definition) is 1. The quantitative estimate of drug-likeness (QED) is 0.728. The van der Waals surface area contributed by atoms with Crippen molar-refractivity contribution in [3.05, 3.63) is 52.4 Å². The predicted molar refractivity (Wildman–Crippen MR) is 97.0 cm³/mol. The first-order valence-electron chi connectivity index (χ1n) is 8.77. The van der Waals surface area contributed by atoms with Gasteiger partial charge in [-0.3, -0.25) is 4.90 Å². The van der Waals surface area contributed by atoms with Crippen LogP contribution in [0.15, 0.2) is 24.3 Å². The smallest absolute Gasteiger partial charge is 0.220 e. The number of nitrogens with zero attached hydrogens (tertiary/aromatic N) is 2. The number of likely N-dealkylation sites (tertiary alicyclic amines) is 1. The van der Waals surface area contributed by atoms with Crippen LogP contribution in [0.2, 0.25) is 0 Å². The van der Waals surface area contributed by atoms with Gasteiger partial charge in [0, 0.05) is 12.0 Å². The van der Waals surface area contributed by atoms with Gasteiger partial charge in [0.1, 0.15) is 0 Å². The SMILES string of the molecule is [C-]#[N+]CC1(C(C)(C)C)CCN(Cc2ccc3c(c2)CC=C3)CC1. The lowest BCUT2D eigenvalue weighted by atomic mass is 9.61. The fourth-order valence-corrected chi connectivity index (χ4v) is 4.10. The van der Waals surface area contributed by atoms with Gasteiger partial charge in [0.15, 0.2) is 0 Å². The standard InChI is InChI=1S/C21H28N2/c1-20(2,3)21(16-22-4)10-12-23(13-11-21)15-17-8-9-18-6-5-7-19(18)14-17/h5-6,8-9,14H,7,10-13,15-16H2,1-3H3. The summed E-state index contributed by atoms with van der Waals surface area (Å²) >= 11 is 0. The molecule has 122 valence electrons. The lowest BCUT2D eigenvalue weighted by molar-refractivity contribution is 0.0173. The molecule has 2 aliphatic rings. The van der Waals surface area contributed by atoms with Crippen molar-refractivity contribution in [2.45, 2.75) is 46.6 Å². The minimum atomic E-state index is 0.188. The highest BCUT2D eigenvalue weighted by atomic mass is 15.1. The normalized spacial score (nSPS) is 20.3. The van der Waals surface area contributed by atoms with Crippen LogP contribution >= 0.6 is 0 Å². The average molecular weight is 308 g/mol. The second-order valence-electron chi connectivity index (χ2n) is 8.26. The summed E-state index contributed by atoms with van der Waals surface area (Å²) in [6.07, 6.45) is 7.84. The Balaban J connectivity index is 1.64. The number of rotatable bonds is 3. The molecule has 1 aromatic rings. The zero-order valence-corrected chi connectivity index (χ0v) is 14.7. The van der Waals surface area contributed by atoms with Crippen LogP contribution in [0, 0.1) is 17.4 Å². The summed E-state index contributed by atoms with van der Waals surface area (Å²) in [5, 5.41) is 0. The number of fused-ring (bicyclic) bond motifs is 1. The molecule has 0 amide bonds. The lowest BCUT2D eigenvalue weighted by Gasteiger charge is -2.46. The van der Waals surface area contributed by atoms with E-state index in [0.29, 0.717) is 6.54 Å². The molecule has 2 heteroatoms. The van der Waals surface area contributed by atoms with Gasteiger partial charge < -0.3 is 4.85 Å². The zero-order valence-electron chi connectivity index (χ0n) is 14.7. The maximum atomic E-state index is 7.35. The van der Waals surface area contributed by atoms with Crippen molar-refractivity contribution < 1.29 is 0 Å². The number of piperidine rings is 1. The summed E-state index contributed by atoms with van der Waals surface area (Å²) in [5.74, 6) is 0. The third kappa shape index (κ3) is 3.21. The largest absolute Gasteiger partial charge is 0.316 e. The number of allylic oxidation sites excluding steroid dienone is 1. The Labute approximate surface area is 141 Å². The Bertz CT molecular complexity index is 635. The first kappa shape index (κ1) is 16.3. The Morgan fingerprint density at radius 2 is 1.96 bits per heavy atom. The van der Waals surface area contributed by atoms with Gasteiger partial charge in [-0.15, -0.1) is 0 Å². The molecule has 1 saturated heterocycles. The second kappa shape index (κ2) is 6.13. The van der Waals surface area contributed by atoms with Crippen LogP contribution in [0.25, 0.3) is 10.9 Å². The molecule has 0 spiro atoms. The van der Waals surface area contributed by atoms with E-state index in [-0.39, 0.29) is 10.8 Å². The summed E-state index contributed by atoms with van der Waals surface area (Å²) in [4.78, 5) is 6.34. The van der Waals surface area contributed by atoms with Crippen molar-refractivity contribution in [3.63, 3.8) is 0 Å². The van der Waals surface area contributed by atoms with Crippen molar-refractivity contribution >= 4 is 6.08 Å². The number of hydrogen-bond donors (Lipinski definition) is 0. The van der Waals surface area contributed by atoms with Crippen LogP contribution in [-0.2, 0) is 13.0 Å². The van der Waals surface area contributed by atoms with Crippen LogP contribution in [0.3, 0.4) is 0 Å². The van der Waals surface area contributed by atoms with Gasteiger partial charge in [-0.1, -0.05) is 51.1 Å². The topological polar surface area (TPSA) is 7.60 Å². The first-order valence-corrected chi connectivity index (χ1v) is 8.77. The molecule has 0 radical (unpaired) electrons. The van der Waals surface area contributed by atoms with Crippen LogP contribution in [0.5, 0.6) is 0 Å². The summed E-state index contributed by atoms with van der Waals surface area (Å²) in [5.41, 5.74) is 4.68. The Kier molecular flexibility index (Phi) is 4.34. The Morgan fingerprint density at radius 1 is 1.22 bits per heavy atom. The molecule has 3 rings (SSSR count). The molecule has 1 fully saturated rings. The van der Waals surface area contributed by atoms with E-state index < -0.39 is 0 Å². The van der Waals surface area contributed by atoms with Gasteiger partial charge in [0.2, 0.25) is 6.54 Å². The maximum absolute atomic E-state index is 7.35. The van der Waals surface area contributed by atoms with E-state index >= 15 is 0 Å². The van der Waals surface area contributed by atoms with Gasteiger partial charge in [0.05, 0.1) is 0 Å². The van der Waals surface area contributed by atoms with Crippen molar-refractivity contribution in [1.82, 2.24) is 4.90 Å². The molecule has 0 saturated carbocycles. The second-order valence-corrected chi connectivity index (χ2v) is 8.26. The lowest BCUT2D eigenvalue weighted by Crippen LogP contribution is -2.47. The van der Waals surface area contributed by atoms with Crippen molar-refractivity contribution in [1.29, 1.82) is 0 Å². The fraction of sp³-hybridized carbons (Fsp3) is 0.571. The van der Waals surface area contributed by atoms with Gasteiger partial charge >= 0.3 is 0 Å². The Hall–Kier alpha value is -1.59. The van der Waals surface area contributed by atoms with Gasteiger partial charge in [0.25, 0.3) is 0 Å². The van der Waals surface area contributed by atoms with E-state index in [1.165, 1.54) is 16.7 Å². The van der Waals surface area contributed by atoms with Gasteiger partial charge in [-0.05, 0) is 54.5 Å². The third-order valence-electron chi connectivity index (χ3n) is 6.03. The van der Waals surface area contributed by atoms with E-state index in [0.717, 1.165) is 38.9 Å². The summed E-state index contributed by atoms with van der Waals surface area (Å²) in [6, 6.07) is 6.91. The molecule has 0 aromatic heterocycles. The first-order chi connectivity index (χ1) is 10.9. The van der Waals surface area contributed by atoms with Crippen molar-refractivity contribution in [2.24, 2.45) is 10.8 Å². The molecule has 0 N–H and O–H groups in total. The summed E-state index contributed by atoms with van der Waals surface area (Å²) in [7, 11) is 0. The molecule has 0 atom stereocenters. The molecule has 1 aromatic carbocycles. The van der Waals surface area contributed by atoms with Crippen molar-refractivity contribution in [3.8, 4) is 0 Å². The summed E-state index contributed by atoms with van der Waals surface area (Å²) in [6.45, 7) is 18.2. The summed E-state index contributed by atoms with van der Waals surface area (Å²) < 4.78 is 0. The number of benzene rings is 1. The minimum Gasteiger partial charge on any atom is -0.316 e. The molecule has 1 heterocycles. The van der Waals surface area contributed by atoms with Crippen molar-refractivity contribution in [2.75, 3.05) is 19.6 Å². The highest BCUT2D eigenvalue weighted by Gasteiger charge is 2.46. The molecule has 2 nitrogen and oxygen atoms in total. The molecular formula is C21H28N2. The average Bonchev–Trinajstić information content (AvgIpc) is 2.96. The maximum Gasteiger partial charge on any atom is 0.220 e. The van der Waals surface area contributed by atoms with Crippen LogP contribution in [0.1, 0.15) is 50.3 Å². The molecule has 0 unspecified atom stereocenters. The van der Waals surface area contributed by atoms with E-state index in [1.54, 1.807) is 0 Å². The molecule has 1 aliphatic carbocycles. The van der Waals surface area contributed by atoms with Crippen LogP contribution in [-0.4, -0.2) is 24.5 Å². The van der Waals surface area contributed by atoms with E-state index in [4.69, 9.17) is 6.57 Å². The predicted octanol–water partition coefficient (Wildman–Crippen LogP) is 4.80. The fourth-order valence-electron chi connectivity index (χ4n) is 4.10. The van der Waals surface area contributed by atoms with Crippen LogP contribution in [0.4, 0.5) is 0 Å². The van der Waals surface area contributed by atoms with Crippen LogP contribution < -0.4 is 0 Å². The van der Waals surface area contributed by atoms with E-state index in [2.05, 4.69) is 60.9 Å². The third-order valence-corrected chi connectivity index (χ3v) is 6.03. The Morgan fingerprint density at radius 3 is 2.61 bits per heavy atom.